The van der Waals surface area contributed by atoms with Crippen molar-refractivity contribution in [1.29, 1.82) is 0 Å². The summed E-state index contributed by atoms with van der Waals surface area (Å²) in [6.45, 7) is 1.87. The van der Waals surface area contributed by atoms with E-state index in [9.17, 15) is 0 Å². The van der Waals surface area contributed by atoms with E-state index < -0.39 is 0 Å². The highest BCUT2D eigenvalue weighted by atomic mass is 32.2. The van der Waals surface area contributed by atoms with E-state index in [1.165, 1.54) is 18.0 Å². The Labute approximate surface area is 85.3 Å². The molecule has 0 aliphatic carbocycles. The second kappa shape index (κ2) is 3.38. The Kier molecular flexibility index (Phi) is 2.20. The van der Waals surface area contributed by atoms with E-state index in [0.717, 1.165) is 10.7 Å². The van der Waals surface area contributed by atoms with Gasteiger partial charge in [-0.15, -0.1) is 0 Å². The van der Waals surface area contributed by atoms with Crippen molar-refractivity contribution in [2.24, 2.45) is 7.05 Å². The zero-order valence-electron chi connectivity index (χ0n) is 7.89. The average molecular weight is 210 g/mol. The normalized spacial score (nSPS) is 10.7. The molecule has 0 bridgehead atoms. The molecule has 0 spiro atoms. The van der Waals surface area contributed by atoms with Crippen LogP contribution in [-0.2, 0) is 7.05 Å². The van der Waals surface area contributed by atoms with Gasteiger partial charge < -0.3 is 10.2 Å². The first-order valence-electron chi connectivity index (χ1n) is 4.05. The fourth-order valence-electron chi connectivity index (χ4n) is 1.12. The van der Waals surface area contributed by atoms with Crippen LogP contribution >= 0.6 is 11.8 Å². The quantitative estimate of drug-likeness (QED) is 0.812. The van der Waals surface area contributed by atoms with Crippen molar-refractivity contribution in [3.8, 4) is 0 Å². The summed E-state index contributed by atoms with van der Waals surface area (Å²) >= 11 is 1.37. The van der Waals surface area contributed by atoms with Gasteiger partial charge in [0.05, 0.1) is 17.6 Å². The van der Waals surface area contributed by atoms with Gasteiger partial charge in [-0.3, -0.25) is 4.68 Å². The molecule has 2 rings (SSSR count). The average Bonchev–Trinajstić information content (AvgIpc) is 2.71. The molecule has 6 heteroatoms. The van der Waals surface area contributed by atoms with Gasteiger partial charge in [-0.05, 0) is 18.7 Å². The van der Waals surface area contributed by atoms with Gasteiger partial charge in [0, 0.05) is 7.05 Å². The molecule has 0 aliphatic rings. The van der Waals surface area contributed by atoms with Crippen molar-refractivity contribution in [2.75, 3.05) is 5.73 Å². The van der Waals surface area contributed by atoms with Crippen LogP contribution in [0.15, 0.2) is 27.1 Å². The lowest BCUT2D eigenvalue weighted by atomic mass is 10.4. The van der Waals surface area contributed by atoms with Crippen LogP contribution in [0.2, 0.25) is 0 Å². The van der Waals surface area contributed by atoms with Crippen molar-refractivity contribution >= 4 is 17.4 Å². The van der Waals surface area contributed by atoms with Crippen molar-refractivity contribution in [3.05, 3.63) is 18.2 Å². The Bertz CT molecular complexity index is 434. The molecule has 0 saturated carbocycles. The van der Waals surface area contributed by atoms with E-state index in [1.807, 2.05) is 14.0 Å². The van der Waals surface area contributed by atoms with E-state index in [4.69, 9.17) is 10.2 Å². The zero-order chi connectivity index (χ0) is 10.1. The first-order chi connectivity index (χ1) is 6.68. The fraction of sp³-hybridized carbons (Fsp3) is 0.250. The smallest absolute Gasteiger partial charge is 0.262 e. The fourth-order valence-corrected chi connectivity index (χ4v) is 1.93. The van der Waals surface area contributed by atoms with E-state index in [0.29, 0.717) is 10.9 Å². The molecule has 2 aromatic rings. The zero-order valence-corrected chi connectivity index (χ0v) is 8.71. The van der Waals surface area contributed by atoms with Gasteiger partial charge in [-0.1, -0.05) is 0 Å². The number of nitrogens with two attached hydrogens (primary N) is 1. The van der Waals surface area contributed by atoms with Gasteiger partial charge >= 0.3 is 0 Å². The first kappa shape index (κ1) is 9.14. The molecule has 74 valence electrons. The number of hydrogen-bond donors (Lipinski definition) is 1. The Morgan fingerprint density at radius 1 is 1.57 bits per heavy atom. The van der Waals surface area contributed by atoms with Crippen molar-refractivity contribution in [1.82, 2.24) is 14.8 Å². The van der Waals surface area contributed by atoms with Gasteiger partial charge in [0.15, 0.2) is 0 Å². The molecular weight excluding hydrogens is 200 g/mol. The second-order valence-electron chi connectivity index (χ2n) is 2.83. The number of aryl methyl sites for hydroxylation is 2. The highest BCUT2D eigenvalue weighted by Crippen LogP contribution is 2.31. The summed E-state index contributed by atoms with van der Waals surface area (Å²) in [4.78, 5) is 4.00. The van der Waals surface area contributed by atoms with Gasteiger partial charge in [-0.2, -0.15) is 5.10 Å². The molecule has 2 heterocycles. The Morgan fingerprint density at radius 2 is 2.36 bits per heavy atom. The van der Waals surface area contributed by atoms with Gasteiger partial charge in [0.1, 0.15) is 11.3 Å². The monoisotopic (exact) mass is 210 g/mol. The predicted octanol–water partition coefficient (Wildman–Crippen LogP) is 1.45. The molecule has 0 saturated heterocycles. The maximum absolute atomic E-state index is 5.85. The highest BCUT2D eigenvalue weighted by molar-refractivity contribution is 7.99. The minimum absolute atomic E-state index is 0.569. The van der Waals surface area contributed by atoms with Gasteiger partial charge in [0.2, 0.25) is 0 Å². The molecule has 0 aliphatic heterocycles. The molecule has 14 heavy (non-hydrogen) atoms. The van der Waals surface area contributed by atoms with Crippen LogP contribution in [0.4, 0.5) is 5.69 Å². The van der Waals surface area contributed by atoms with Crippen molar-refractivity contribution in [2.45, 2.75) is 17.2 Å². The van der Waals surface area contributed by atoms with Crippen LogP contribution in [-0.4, -0.2) is 14.8 Å². The van der Waals surface area contributed by atoms with E-state index in [1.54, 1.807) is 10.9 Å². The SMILES string of the molecule is Cc1nn(C)c(Sc2ncco2)c1N. The molecule has 0 radical (unpaired) electrons. The van der Waals surface area contributed by atoms with Gasteiger partial charge in [-0.25, -0.2) is 4.98 Å². The van der Waals surface area contributed by atoms with Gasteiger partial charge in [0.25, 0.3) is 5.22 Å². The molecule has 2 aromatic heterocycles. The van der Waals surface area contributed by atoms with E-state index >= 15 is 0 Å². The maximum atomic E-state index is 5.85. The maximum Gasteiger partial charge on any atom is 0.262 e. The molecule has 0 unspecified atom stereocenters. The summed E-state index contributed by atoms with van der Waals surface area (Å²) in [5, 5.41) is 5.61. The number of rotatable bonds is 2. The Hall–Kier alpha value is -1.43. The molecule has 0 fully saturated rings. The largest absolute Gasteiger partial charge is 0.440 e. The summed E-state index contributed by atoms with van der Waals surface area (Å²) < 4.78 is 6.83. The molecular formula is C8H10N4OS. The third-order valence-corrected chi connectivity index (χ3v) is 2.86. The molecule has 5 nitrogen and oxygen atoms in total. The number of nitrogen functional groups attached to an aromatic ring is 1. The van der Waals surface area contributed by atoms with Crippen LogP contribution in [0.1, 0.15) is 5.69 Å². The molecule has 0 atom stereocenters. The number of hydrogen-bond acceptors (Lipinski definition) is 5. The lowest BCUT2D eigenvalue weighted by Gasteiger charge is -1.98. The first-order valence-corrected chi connectivity index (χ1v) is 4.86. The van der Waals surface area contributed by atoms with Crippen molar-refractivity contribution < 1.29 is 4.42 Å². The van der Waals surface area contributed by atoms with Crippen LogP contribution in [0, 0.1) is 6.92 Å². The molecule has 0 aromatic carbocycles. The van der Waals surface area contributed by atoms with Crippen LogP contribution in [0.3, 0.4) is 0 Å². The summed E-state index contributed by atoms with van der Waals surface area (Å²) in [5.41, 5.74) is 7.34. The number of aromatic nitrogens is 3. The second-order valence-corrected chi connectivity index (χ2v) is 3.77. The summed E-state index contributed by atoms with van der Waals surface area (Å²) in [5.74, 6) is 0. The Balaban J connectivity index is 2.33. The van der Waals surface area contributed by atoms with Crippen LogP contribution in [0.5, 0.6) is 0 Å². The standard InChI is InChI=1S/C8H10N4OS/c1-5-6(9)7(12(2)11-5)14-8-10-3-4-13-8/h3-4H,9H2,1-2H3. The third-order valence-electron chi connectivity index (χ3n) is 1.81. The summed E-state index contributed by atoms with van der Waals surface area (Å²) in [6.07, 6.45) is 3.13. The summed E-state index contributed by atoms with van der Waals surface area (Å²) in [7, 11) is 1.84. The predicted molar refractivity (Wildman–Crippen MR) is 53.0 cm³/mol. The number of oxazole rings is 1. The lowest BCUT2D eigenvalue weighted by molar-refractivity contribution is 0.453. The number of anilines is 1. The van der Waals surface area contributed by atoms with Crippen LogP contribution < -0.4 is 5.73 Å². The molecule has 2 N–H and O–H groups in total. The highest BCUT2D eigenvalue weighted by Gasteiger charge is 2.13. The minimum atomic E-state index is 0.569. The van der Waals surface area contributed by atoms with E-state index in [-0.39, 0.29) is 0 Å². The molecule has 0 amide bonds. The topological polar surface area (TPSA) is 69.9 Å². The minimum Gasteiger partial charge on any atom is -0.440 e. The van der Waals surface area contributed by atoms with E-state index in [2.05, 4.69) is 10.1 Å². The third kappa shape index (κ3) is 1.48. The van der Waals surface area contributed by atoms with Crippen molar-refractivity contribution in [3.63, 3.8) is 0 Å². The lowest BCUT2D eigenvalue weighted by Crippen LogP contribution is -1.93. The van der Waals surface area contributed by atoms with Crippen LogP contribution in [0.25, 0.3) is 0 Å². The number of nitrogens with zero attached hydrogens (tertiary/aromatic N) is 3. The summed E-state index contributed by atoms with van der Waals surface area (Å²) in [6, 6.07) is 0. The Morgan fingerprint density at radius 3 is 2.86 bits per heavy atom.